The molecular formula is C19H29NO2. The summed E-state index contributed by atoms with van der Waals surface area (Å²) in [6, 6.07) is 10.1. The zero-order valence-corrected chi connectivity index (χ0v) is 14.1. The second-order valence-corrected chi connectivity index (χ2v) is 6.34. The van der Waals surface area contributed by atoms with Crippen molar-refractivity contribution in [1.29, 1.82) is 0 Å². The van der Waals surface area contributed by atoms with Crippen LogP contribution in [0.15, 0.2) is 30.3 Å². The predicted octanol–water partition coefficient (Wildman–Crippen LogP) is 3.84. The third kappa shape index (κ3) is 4.33. The lowest BCUT2D eigenvalue weighted by molar-refractivity contribution is -0.154. The van der Waals surface area contributed by atoms with Crippen LogP contribution in [-0.4, -0.2) is 36.6 Å². The molecule has 0 radical (unpaired) electrons. The zero-order chi connectivity index (χ0) is 15.9. The van der Waals surface area contributed by atoms with Crippen LogP contribution in [0, 0.1) is 5.92 Å². The lowest BCUT2D eigenvalue weighted by Crippen LogP contribution is -2.38. The molecule has 22 heavy (non-hydrogen) atoms. The molecule has 0 N–H and O–H groups in total. The van der Waals surface area contributed by atoms with Gasteiger partial charge in [-0.1, -0.05) is 57.5 Å². The minimum absolute atomic E-state index is 0.0458. The largest absolute Gasteiger partial charge is 0.462 e. The van der Waals surface area contributed by atoms with Crippen molar-refractivity contribution in [3.05, 3.63) is 35.9 Å². The molecule has 1 fully saturated rings. The third-order valence-corrected chi connectivity index (χ3v) is 4.89. The molecule has 1 aromatic carbocycles. The number of carbonyl (C=O) groups is 1. The van der Waals surface area contributed by atoms with E-state index in [0.29, 0.717) is 5.92 Å². The SMILES string of the molecule is CC[C@@H](C)[C@H](C(=O)OC1CCN(CC)CC1)c1ccccc1. The van der Waals surface area contributed by atoms with Crippen molar-refractivity contribution in [3.63, 3.8) is 0 Å². The highest BCUT2D eigenvalue weighted by Crippen LogP contribution is 2.29. The van der Waals surface area contributed by atoms with Crippen molar-refractivity contribution in [2.75, 3.05) is 19.6 Å². The highest BCUT2D eigenvalue weighted by atomic mass is 16.5. The molecule has 1 aromatic rings. The number of carbonyl (C=O) groups excluding carboxylic acids is 1. The minimum atomic E-state index is -0.143. The van der Waals surface area contributed by atoms with Crippen LogP contribution in [0.4, 0.5) is 0 Å². The monoisotopic (exact) mass is 303 g/mol. The van der Waals surface area contributed by atoms with E-state index < -0.39 is 0 Å². The Kier molecular flexibility index (Phi) is 6.44. The van der Waals surface area contributed by atoms with Crippen LogP contribution in [0.3, 0.4) is 0 Å². The quantitative estimate of drug-likeness (QED) is 0.748. The van der Waals surface area contributed by atoms with Crippen molar-refractivity contribution >= 4 is 5.97 Å². The molecule has 0 unspecified atom stereocenters. The average Bonchev–Trinajstić information content (AvgIpc) is 2.56. The molecule has 0 spiro atoms. The fourth-order valence-electron chi connectivity index (χ4n) is 3.17. The van der Waals surface area contributed by atoms with Crippen LogP contribution < -0.4 is 0 Å². The zero-order valence-electron chi connectivity index (χ0n) is 14.1. The fourth-order valence-corrected chi connectivity index (χ4v) is 3.17. The van der Waals surface area contributed by atoms with Crippen LogP contribution in [0.1, 0.15) is 51.5 Å². The molecule has 1 heterocycles. The first kappa shape index (κ1) is 17.0. The Morgan fingerprint density at radius 1 is 1.23 bits per heavy atom. The van der Waals surface area contributed by atoms with Gasteiger partial charge in [0.05, 0.1) is 5.92 Å². The van der Waals surface area contributed by atoms with Crippen LogP contribution in [0.5, 0.6) is 0 Å². The molecule has 122 valence electrons. The van der Waals surface area contributed by atoms with Gasteiger partial charge < -0.3 is 9.64 Å². The molecule has 3 nitrogen and oxygen atoms in total. The maximum Gasteiger partial charge on any atom is 0.313 e. The summed E-state index contributed by atoms with van der Waals surface area (Å²) in [5.74, 6) is 0.108. The number of hydrogen-bond acceptors (Lipinski definition) is 3. The Labute approximate surface area is 134 Å². The fraction of sp³-hybridized carbons (Fsp3) is 0.632. The minimum Gasteiger partial charge on any atom is -0.462 e. The number of nitrogens with zero attached hydrogens (tertiary/aromatic N) is 1. The molecule has 1 saturated heterocycles. The summed E-state index contributed by atoms with van der Waals surface area (Å²) in [7, 11) is 0. The van der Waals surface area contributed by atoms with Gasteiger partial charge in [-0.05, 0) is 30.9 Å². The molecule has 0 amide bonds. The van der Waals surface area contributed by atoms with E-state index in [1.54, 1.807) is 0 Å². The summed E-state index contributed by atoms with van der Waals surface area (Å²) in [6.45, 7) is 9.61. The molecule has 1 aliphatic heterocycles. The number of ether oxygens (including phenoxy) is 1. The van der Waals surface area contributed by atoms with Gasteiger partial charge in [0.25, 0.3) is 0 Å². The predicted molar refractivity (Wildman–Crippen MR) is 89.9 cm³/mol. The van der Waals surface area contributed by atoms with E-state index in [0.717, 1.165) is 44.5 Å². The Bertz CT molecular complexity index is 452. The van der Waals surface area contributed by atoms with Crippen LogP contribution >= 0.6 is 0 Å². The summed E-state index contributed by atoms with van der Waals surface area (Å²) in [5, 5.41) is 0. The van der Waals surface area contributed by atoms with E-state index in [4.69, 9.17) is 4.74 Å². The standard InChI is InChI=1S/C19H29NO2/c1-4-15(3)18(16-9-7-6-8-10-16)19(21)22-17-11-13-20(5-2)14-12-17/h6-10,15,17-18H,4-5,11-14H2,1-3H3/t15-,18+/m1/s1. The van der Waals surface area contributed by atoms with Gasteiger partial charge in [-0.15, -0.1) is 0 Å². The number of hydrogen-bond donors (Lipinski definition) is 0. The average molecular weight is 303 g/mol. The van der Waals surface area contributed by atoms with Crippen molar-refractivity contribution in [1.82, 2.24) is 4.90 Å². The molecule has 2 atom stereocenters. The van der Waals surface area contributed by atoms with Gasteiger partial charge in [0, 0.05) is 13.1 Å². The van der Waals surface area contributed by atoms with Crippen molar-refractivity contribution in [2.45, 2.75) is 52.1 Å². The van der Waals surface area contributed by atoms with E-state index in [9.17, 15) is 4.79 Å². The number of esters is 1. The normalized spacial score (nSPS) is 19.6. The molecule has 0 bridgehead atoms. The van der Waals surface area contributed by atoms with Gasteiger partial charge in [-0.25, -0.2) is 0 Å². The molecule has 1 aliphatic rings. The second-order valence-electron chi connectivity index (χ2n) is 6.34. The Balaban J connectivity index is 2.01. The number of rotatable bonds is 6. The summed E-state index contributed by atoms with van der Waals surface area (Å²) in [4.78, 5) is 15.1. The lowest BCUT2D eigenvalue weighted by Gasteiger charge is -2.32. The van der Waals surface area contributed by atoms with Crippen LogP contribution in [-0.2, 0) is 9.53 Å². The smallest absolute Gasteiger partial charge is 0.313 e. The molecule has 2 rings (SSSR count). The van der Waals surface area contributed by atoms with Gasteiger partial charge in [0.2, 0.25) is 0 Å². The second kappa shape index (κ2) is 8.33. The summed E-state index contributed by atoms with van der Waals surface area (Å²) < 4.78 is 5.86. The molecule has 3 heteroatoms. The number of benzene rings is 1. The van der Waals surface area contributed by atoms with Gasteiger partial charge in [0.15, 0.2) is 0 Å². The molecular weight excluding hydrogens is 274 g/mol. The topological polar surface area (TPSA) is 29.5 Å². The summed E-state index contributed by atoms with van der Waals surface area (Å²) >= 11 is 0. The van der Waals surface area contributed by atoms with Gasteiger partial charge in [0.1, 0.15) is 6.10 Å². The van der Waals surface area contributed by atoms with Crippen molar-refractivity contribution < 1.29 is 9.53 Å². The molecule has 0 saturated carbocycles. The van der Waals surface area contributed by atoms with E-state index in [-0.39, 0.29) is 18.0 Å². The maximum absolute atomic E-state index is 12.7. The number of likely N-dealkylation sites (tertiary alicyclic amines) is 1. The number of piperidine rings is 1. The lowest BCUT2D eigenvalue weighted by atomic mass is 9.85. The van der Waals surface area contributed by atoms with Crippen molar-refractivity contribution in [3.8, 4) is 0 Å². The Morgan fingerprint density at radius 3 is 2.41 bits per heavy atom. The first-order chi connectivity index (χ1) is 10.7. The van der Waals surface area contributed by atoms with E-state index >= 15 is 0 Å². The van der Waals surface area contributed by atoms with Gasteiger partial charge >= 0.3 is 5.97 Å². The van der Waals surface area contributed by atoms with Crippen molar-refractivity contribution in [2.24, 2.45) is 5.92 Å². The van der Waals surface area contributed by atoms with Gasteiger partial charge in [-0.2, -0.15) is 0 Å². The first-order valence-corrected chi connectivity index (χ1v) is 8.63. The van der Waals surface area contributed by atoms with Gasteiger partial charge in [-0.3, -0.25) is 4.79 Å². The highest BCUT2D eigenvalue weighted by molar-refractivity contribution is 5.78. The molecule has 0 aliphatic carbocycles. The van der Waals surface area contributed by atoms with E-state index in [1.165, 1.54) is 0 Å². The summed E-state index contributed by atoms with van der Waals surface area (Å²) in [6.07, 6.45) is 2.98. The first-order valence-electron chi connectivity index (χ1n) is 8.63. The Morgan fingerprint density at radius 2 is 1.86 bits per heavy atom. The van der Waals surface area contributed by atoms with E-state index in [1.807, 2.05) is 30.3 Å². The maximum atomic E-state index is 12.7. The third-order valence-electron chi connectivity index (χ3n) is 4.89. The molecule has 0 aromatic heterocycles. The van der Waals surface area contributed by atoms with E-state index in [2.05, 4.69) is 25.7 Å². The highest BCUT2D eigenvalue weighted by Gasteiger charge is 2.30. The summed E-state index contributed by atoms with van der Waals surface area (Å²) in [5.41, 5.74) is 1.08. The van der Waals surface area contributed by atoms with Crippen LogP contribution in [0.25, 0.3) is 0 Å². The van der Waals surface area contributed by atoms with Crippen LogP contribution in [0.2, 0.25) is 0 Å². The Hall–Kier alpha value is -1.35.